The van der Waals surface area contributed by atoms with E-state index >= 15 is 0 Å². The lowest BCUT2D eigenvalue weighted by Crippen LogP contribution is -2.50. The summed E-state index contributed by atoms with van der Waals surface area (Å²) < 4.78 is 27.2. The Morgan fingerprint density at radius 1 is 1.21 bits per heavy atom. The lowest BCUT2D eigenvalue weighted by molar-refractivity contribution is 0.0702. The van der Waals surface area contributed by atoms with Gasteiger partial charge in [-0.1, -0.05) is 43.1 Å². The maximum Gasteiger partial charge on any atom is 0.265 e. The molecule has 1 aliphatic rings. The number of sulfonamides is 1. The molecule has 0 saturated carbocycles. The van der Waals surface area contributed by atoms with Gasteiger partial charge in [-0.3, -0.25) is 4.79 Å². The largest absolute Gasteiger partial charge is 0.335 e. The molecule has 6 nitrogen and oxygen atoms in total. The van der Waals surface area contributed by atoms with Crippen LogP contribution in [0.15, 0.2) is 23.1 Å². The summed E-state index contributed by atoms with van der Waals surface area (Å²) in [5, 5.41) is 1.17. The second-order valence-electron chi connectivity index (χ2n) is 7.37. The van der Waals surface area contributed by atoms with Gasteiger partial charge in [-0.15, -0.1) is 11.3 Å². The lowest BCUT2D eigenvalue weighted by atomic mass is 10.1. The number of nitrogens with zero attached hydrogens (tertiary/aromatic N) is 3. The van der Waals surface area contributed by atoms with Gasteiger partial charge in [-0.25, -0.2) is 13.4 Å². The van der Waals surface area contributed by atoms with Crippen LogP contribution < -0.4 is 0 Å². The summed E-state index contributed by atoms with van der Waals surface area (Å²) in [6.07, 6.45) is 0.838. The molecule has 2 aromatic rings. The predicted octanol–water partition coefficient (Wildman–Crippen LogP) is 4.10. The van der Waals surface area contributed by atoms with Crippen LogP contribution in [0.4, 0.5) is 0 Å². The Morgan fingerprint density at radius 3 is 2.48 bits per heavy atom. The van der Waals surface area contributed by atoms with Gasteiger partial charge < -0.3 is 4.90 Å². The number of halogens is 2. The summed E-state index contributed by atoms with van der Waals surface area (Å²) >= 11 is 13.5. The van der Waals surface area contributed by atoms with E-state index in [0.29, 0.717) is 23.9 Å². The summed E-state index contributed by atoms with van der Waals surface area (Å²) in [4.78, 5) is 19.8. The summed E-state index contributed by atoms with van der Waals surface area (Å²) in [5.41, 5.74) is 0.733. The average Bonchev–Trinajstić information content (AvgIpc) is 3.02. The highest BCUT2D eigenvalue weighted by molar-refractivity contribution is 7.89. The van der Waals surface area contributed by atoms with Crippen molar-refractivity contribution in [1.29, 1.82) is 0 Å². The third-order valence-electron chi connectivity index (χ3n) is 4.68. The van der Waals surface area contributed by atoms with Gasteiger partial charge in [0.15, 0.2) is 0 Å². The molecule has 0 radical (unpaired) electrons. The molecule has 0 bridgehead atoms. The smallest absolute Gasteiger partial charge is 0.265 e. The minimum Gasteiger partial charge on any atom is -0.335 e. The SMILES string of the molecule is Cc1nc(CC(C)C)sc1C(=O)N1CCN(S(=O)(=O)c2cccc(Cl)c2Cl)CC1. The minimum atomic E-state index is -3.78. The summed E-state index contributed by atoms with van der Waals surface area (Å²) in [5.74, 6) is 0.378. The molecule has 1 saturated heterocycles. The first-order valence-corrected chi connectivity index (χ1v) is 12.3. The van der Waals surface area contributed by atoms with Crippen molar-refractivity contribution in [2.24, 2.45) is 5.92 Å². The lowest BCUT2D eigenvalue weighted by Gasteiger charge is -2.34. The molecule has 0 N–H and O–H groups in total. The van der Waals surface area contributed by atoms with Crippen molar-refractivity contribution in [1.82, 2.24) is 14.2 Å². The Kier molecular flexibility index (Phi) is 6.90. The van der Waals surface area contributed by atoms with Gasteiger partial charge in [0, 0.05) is 32.6 Å². The Hall–Kier alpha value is -1.19. The van der Waals surface area contributed by atoms with E-state index in [2.05, 4.69) is 18.8 Å². The highest BCUT2D eigenvalue weighted by atomic mass is 35.5. The zero-order chi connectivity index (χ0) is 21.3. The quantitative estimate of drug-likeness (QED) is 0.652. The van der Waals surface area contributed by atoms with E-state index < -0.39 is 10.0 Å². The maximum absolute atomic E-state index is 12.9. The Morgan fingerprint density at radius 2 is 1.86 bits per heavy atom. The normalized spacial score (nSPS) is 15.9. The Labute approximate surface area is 185 Å². The van der Waals surface area contributed by atoms with Gasteiger partial charge in [0.05, 0.1) is 20.7 Å². The van der Waals surface area contributed by atoms with Crippen LogP contribution in [-0.4, -0.2) is 54.7 Å². The third-order valence-corrected chi connectivity index (χ3v) is 8.72. The van der Waals surface area contributed by atoms with Gasteiger partial charge in [-0.05, 0) is 25.0 Å². The molecule has 0 unspecified atom stereocenters. The van der Waals surface area contributed by atoms with Crippen molar-refractivity contribution in [2.45, 2.75) is 32.1 Å². The molecule has 1 amide bonds. The molecule has 1 aliphatic heterocycles. The maximum atomic E-state index is 12.9. The van der Waals surface area contributed by atoms with Crippen LogP contribution in [0.1, 0.15) is 34.2 Å². The number of benzene rings is 1. The number of aromatic nitrogens is 1. The highest BCUT2D eigenvalue weighted by Crippen LogP contribution is 2.31. The van der Waals surface area contributed by atoms with Crippen LogP contribution in [0.2, 0.25) is 10.0 Å². The minimum absolute atomic E-state index is 0.0110. The molecular formula is C19H23Cl2N3O3S2. The van der Waals surface area contributed by atoms with Crippen molar-refractivity contribution < 1.29 is 13.2 Å². The number of carbonyl (C=O) groups is 1. The van der Waals surface area contributed by atoms with Crippen molar-refractivity contribution in [3.8, 4) is 0 Å². The Bertz CT molecular complexity index is 1010. The number of aryl methyl sites for hydroxylation is 1. The fourth-order valence-electron chi connectivity index (χ4n) is 3.18. The first kappa shape index (κ1) is 22.5. The molecule has 0 spiro atoms. The van der Waals surface area contributed by atoms with E-state index in [0.717, 1.165) is 17.1 Å². The molecule has 1 aromatic heterocycles. The van der Waals surface area contributed by atoms with Gasteiger partial charge in [-0.2, -0.15) is 4.31 Å². The van der Waals surface area contributed by atoms with Gasteiger partial charge in [0.1, 0.15) is 9.77 Å². The standard InChI is InChI=1S/C19H23Cl2N3O3S2/c1-12(2)11-16-22-13(3)18(28-16)19(25)23-7-9-24(10-8-23)29(26,27)15-6-4-5-14(20)17(15)21/h4-6,12H,7-11H2,1-3H3. The summed E-state index contributed by atoms with van der Waals surface area (Å²) in [6, 6.07) is 4.55. The molecule has 3 rings (SSSR count). The predicted molar refractivity (Wildman–Crippen MR) is 117 cm³/mol. The fraction of sp³-hybridized carbons (Fsp3) is 0.474. The second kappa shape index (κ2) is 8.89. The topological polar surface area (TPSA) is 70.6 Å². The van der Waals surface area contributed by atoms with Crippen LogP contribution in [0.3, 0.4) is 0 Å². The van der Waals surface area contributed by atoms with Gasteiger partial charge >= 0.3 is 0 Å². The van der Waals surface area contributed by atoms with E-state index in [1.165, 1.54) is 21.7 Å². The van der Waals surface area contributed by atoms with E-state index in [-0.39, 0.29) is 33.9 Å². The van der Waals surface area contributed by atoms with Crippen LogP contribution in [-0.2, 0) is 16.4 Å². The average molecular weight is 476 g/mol. The first-order valence-electron chi connectivity index (χ1n) is 9.31. The highest BCUT2D eigenvalue weighted by Gasteiger charge is 2.33. The van der Waals surface area contributed by atoms with Crippen LogP contribution >= 0.6 is 34.5 Å². The molecule has 10 heteroatoms. The summed E-state index contributed by atoms with van der Waals surface area (Å²) in [7, 11) is -3.78. The number of rotatable bonds is 5. The van der Waals surface area contributed by atoms with Crippen LogP contribution in [0.5, 0.6) is 0 Å². The number of carbonyl (C=O) groups excluding carboxylic acids is 1. The molecule has 29 heavy (non-hydrogen) atoms. The van der Waals surface area contributed by atoms with E-state index in [4.69, 9.17) is 23.2 Å². The van der Waals surface area contributed by atoms with Crippen LogP contribution in [0, 0.1) is 12.8 Å². The number of piperazine rings is 1. The van der Waals surface area contributed by atoms with E-state index in [1.807, 2.05) is 6.92 Å². The number of hydrogen-bond acceptors (Lipinski definition) is 5. The van der Waals surface area contributed by atoms with Crippen molar-refractivity contribution in [2.75, 3.05) is 26.2 Å². The van der Waals surface area contributed by atoms with Gasteiger partial charge in [0.2, 0.25) is 10.0 Å². The second-order valence-corrected chi connectivity index (χ2v) is 11.1. The molecule has 1 fully saturated rings. The van der Waals surface area contributed by atoms with Crippen molar-refractivity contribution >= 4 is 50.5 Å². The van der Waals surface area contributed by atoms with Crippen molar-refractivity contribution in [3.05, 3.63) is 43.8 Å². The molecule has 1 aromatic carbocycles. The monoisotopic (exact) mass is 475 g/mol. The van der Waals surface area contributed by atoms with E-state index in [9.17, 15) is 13.2 Å². The summed E-state index contributed by atoms with van der Waals surface area (Å²) in [6.45, 7) is 7.10. The zero-order valence-corrected chi connectivity index (χ0v) is 19.6. The molecule has 0 atom stereocenters. The van der Waals surface area contributed by atoms with E-state index in [1.54, 1.807) is 17.0 Å². The molecule has 2 heterocycles. The van der Waals surface area contributed by atoms with Crippen LogP contribution in [0.25, 0.3) is 0 Å². The zero-order valence-electron chi connectivity index (χ0n) is 16.5. The molecule has 158 valence electrons. The first-order chi connectivity index (χ1) is 13.6. The molecular weight excluding hydrogens is 453 g/mol. The molecule has 0 aliphatic carbocycles. The third kappa shape index (κ3) is 4.77. The number of amides is 1. The number of thiazole rings is 1. The fourth-order valence-corrected chi connectivity index (χ4v) is 6.59. The van der Waals surface area contributed by atoms with Crippen molar-refractivity contribution in [3.63, 3.8) is 0 Å². The Balaban J connectivity index is 1.71. The number of hydrogen-bond donors (Lipinski definition) is 0. The van der Waals surface area contributed by atoms with Gasteiger partial charge in [0.25, 0.3) is 5.91 Å².